The molecule has 3 atom stereocenters. The van der Waals surface area contributed by atoms with E-state index in [4.69, 9.17) is 19.4 Å². The topological polar surface area (TPSA) is 75.1 Å². The molecule has 7 heteroatoms. The second-order valence-electron chi connectivity index (χ2n) is 7.73. The fourth-order valence-corrected chi connectivity index (χ4v) is 4.29. The molecule has 29 heavy (non-hydrogen) atoms. The molecule has 1 aromatic carbocycles. The highest BCUT2D eigenvalue weighted by atomic mass is 16.6. The van der Waals surface area contributed by atoms with Crippen molar-refractivity contribution in [3.63, 3.8) is 0 Å². The number of aliphatic hydroxyl groups excluding tert-OH is 1. The number of aromatic nitrogens is 1. The molecule has 0 saturated carbocycles. The Morgan fingerprint density at radius 3 is 2.66 bits per heavy atom. The zero-order valence-corrected chi connectivity index (χ0v) is 16.6. The van der Waals surface area contributed by atoms with Gasteiger partial charge < -0.3 is 24.3 Å². The van der Waals surface area contributed by atoms with Gasteiger partial charge in [-0.05, 0) is 36.7 Å². The van der Waals surface area contributed by atoms with Gasteiger partial charge >= 0.3 is 0 Å². The lowest BCUT2D eigenvalue weighted by Crippen LogP contribution is -2.43. The van der Waals surface area contributed by atoms with Crippen LogP contribution < -0.4 is 9.47 Å². The zero-order valence-electron chi connectivity index (χ0n) is 16.6. The number of benzene rings is 1. The first kappa shape index (κ1) is 19.8. The maximum absolute atomic E-state index is 8.92. The standard InChI is InChI=1S/C20H23N3O2.C2H4O2/c1-22-11-17-9-16(22)12-23(17)10-14-4-6-15(7-5-14)19-13-24-18-3-2-8-21-20(18)25-19;3-1-2-4/h2-8,16-17,19H,9-13H2,1H3;1,4H,2H2. The maximum Gasteiger partial charge on any atom is 0.257 e. The maximum atomic E-state index is 8.92. The molecule has 0 aliphatic carbocycles. The third-order valence-electron chi connectivity index (χ3n) is 5.82. The summed E-state index contributed by atoms with van der Waals surface area (Å²) >= 11 is 0. The summed E-state index contributed by atoms with van der Waals surface area (Å²) < 4.78 is 11.8. The van der Waals surface area contributed by atoms with Gasteiger partial charge in [-0.15, -0.1) is 0 Å². The van der Waals surface area contributed by atoms with Crippen molar-refractivity contribution in [1.29, 1.82) is 0 Å². The van der Waals surface area contributed by atoms with Crippen LogP contribution in [0.25, 0.3) is 0 Å². The third kappa shape index (κ3) is 4.42. The Balaban J connectivity index is 0.000000472. The van der Waals surface area contributed by atoms with Crippen molar-refractivity contribution in [3.8, 4) is 11.6 Å². The summed E-state index contributed by atoms with van der Waals surface area (Å²) in [6, 6.07) is 14.0. The number of fused-ring (bicyclic) bond motifs is 3. The van der Waals surface area contributed by atoms with Gasteiger partial charge in [-0.3, -0.25) is 4.90 Å². The molecule has 2 bridgehead atoms. The molecule has 154 valence electrons. The average molecular weight is 397 g/mol. The first-order valence-electron chi connectivity index (χ1n) is 10.00. The molecular weight excluding hydrogens is 370 g/mol. The van der Waals surface area contributed by atoms with Crippen molar-refractivity contribution < 1.29 is 19.4 Å². The molecule has 2 saturated heterocycles. The molecule has 5 rings (SSSR count). The number of hydrogen-bond acceptors (Lipinski definition) is 7. The van der Waals surface area contributed by atoms with Crippen molar-refractivity contribution in [2.24, 2.45) is 0 Å². The quantitative estimate of drug-likeness (QED) is 0.787. The molecule has 3 aliphatic rings. The Kier molecular flexibility index (Phi) is 6.08. The van der Waals surface area contributed by atoms with Crippen LogP contribution in [0.15, 0.2) is 42.6 Å². The van der Waals surface area contributed by atoms with Gasteiger partial charge in [0.2, 0.25) is 0 Å². The molecule has 2 aromatic rings. The predicted molar refractivity (Wildman–Crippen MR) is 108 cm³/mol. The van der Waals surface area contributed by atoms with E-state index >= 15 is 0 Å². The number of rotatable bonds is 4. The van der Waals surface area contributed by atoms with Crippen LogP contribution in [-0.4, -0.2) is 71.6 Å². The minimum absolute atomic E-state index is 0.0899. The molecule has 1 aromatic heterocycles. The molecule has 3 aliphatic heterocycles. The van der Waals surface area contributed by atoms with E-state index in [2.05, 4.69) is 46.1 Å². The lowest BCUT2D eigenvalue weighted by molar-refractivity contribution is -0.110. The summed E-state index contributed by atoms with van der Waals surface area (Å²) in [6.45, 7) is 3.62. The van der Waals surface area contributed by atoms with Gasteiger partial charge in [0.05, 0.1) is 6.61 Å². The molecular formula is C22H27N3O4. The van der Waals surface area contributed by atoms with Gasteiger partial charge in [0.25, 0.3) is 5.88 Å². The Bertz CT molecular complexity index is 827. The van der Waals surface area contributed by atoms with Crippen LogP contribution in [0.4, 0.5) is 0 Å². The Morgan fingerprint density at radius 1 is 1.21 bits per heavy atom. The fourth-order valence-electron chi connectivity index (χ4n) is 4.29. The summed E-state index contributed by atoms with van der Waals surface area (Å²) in [5.41, 5.74) is 2.51. The van der Waals surface area contributed by atoms with E-state index in [-0.39, 0.29) is 12.7 Å². The summed E-state index contributed by atoms with van der Waals surface area (Å²) in [7, 11) is 2.25. The Hall–Kier alpha value is -2.48. The first-order chi connectivity index (χ1) is 14.2. The molecule has 2 fully saturated rings. The number of carbonyl (C=O) groups excluding carboxylic acids is 1. The number of hydrogen-bond donors (Lipinski definition) is 1. The van der Waals surface area contributed by atoms with Crippen molar-refractivity contribution in [2.45, 2.75) is 31.2 Å². The van der Waals surface area contributed by atoms with Crippen molar-refractivity contribution in [3.05, 3.63) is 53.7 Å². The SMILES string of the molecule is CN1CC2CC1CN2Cc1ccc(C2COc3cccnc3O2)cc1.O=CCO. The number of aldehydes is 1. The number of ether oxygens (including phenoxy) is 2. The minimum Gasteiger partial charge on any atom is -0.484 e. The normalized spacial score (nSPS) is 25.4. The lowest BCUT2D eigenvalue weighted by Gasteiger charge is -2.32. The Labute approximate surface area is 170 Å². The highest BCUT2D eigenvalue weighted by Crippen LogP contribution is 2.34. The van der Waals surface area contributed by atoms with Crippen molar-refractivity contribution in [1.82, 2.24) is 14.8 Å². The second-order valence-corrected chi connectivity index (χ2v) is 7.73. The zero-order chi connectivity index (χ0) is 20.2. The van der Waals surface area contributed by atoms with Crippen LogP contribution in [0.3, 0.4) is 0 Å². The van der Waals surface area contributed by atoms with Crippen molar-refractivity contribution in [2.75, 3.05) is 33.4 Å². The number of carbonyl (C=O) groups is 1. The fraction of sp³-hybridized carbons (Fsp3) is 0.455. The van der Waals surface area contributed by atoms with Gasteiger partial charge in [-0.25, -0.2) is 4.98 Å². The predicted octanol–water partition coefficient (Wildman–Crippen LogP) is 1.66. The van der Waals surface area contributed by atoms with Crippen LogP contribution in [-0.2, 0) is 11.3 Å². The van der Waals surface area contributed by atoms with E-state index in [1.807, 2.05) is 12.1 Å². The van der Waals surface area contributed by atoms with E-state index in [1.165, 1.54) is 25.1 Å². The highest BCUT2D eigenvalue weighted by Gasteiger charge is 2.41. The van der Waals surface area contributed by atoms with Gasteiger partial charge in [-0.2, -0.15) is 0 Å². The highest BCUT2D eigenvalue weighted by molar-refractivity contribution is 5.49. The van der Waals surface area contributed by atoms with Crippen LogP contribution in [0.5, 0.6) is 11.6 Å². The molecule has 0 amide bonds. The van der Waals surface area contributed by atoms with Gasteiger partial charge in [0.1, 0.15) is 12.9 Å². The van der Waals surface area contributed by atoms with E-state index in [0.717, 1.165) is 29.9 Å². The molecule has 0 radical (unpaired) electrons. The monoisotopic (exact) mass is 397 g/mol. The number of likely N-dealkylation sites (tertiary alicyclic amines) is 2. The number of pyridine rings is 1. The van der Waals surface area contributed by atoms with Crippen LogP contribution in [0, 0.1) is 0 Å². The van der Waals surface area contributed by atoms with Gasteiger partial charge in [0.15, 0.2) is 11.9 Å². The van der Waals surface area contributed by atoms with Crippen LogP contribution in [0.2, 0.25) is 0 Å². The van der Waals surface area contributed by atoms with Gasteiger partial charge in [-0.1, -0.05) is 24.3 Å². The largest absolute Gasteiger partial charge is 0.484 e. The summed E-state index contributed by atoms with van der Waals surface area (Å²) in [5.74, 6) is 1.31. The first-order valence-corrected chi connectivity index (χ1v) is 10.00. The van der Waals surface area contributed by atoms with Crippen LogP contribution in [0.1, 0.15) is 23.7 Å². The Morgan fingerprint density at radius 2 is 2.00 bits per heavy atom. The molecule has 1 N–H and O–H groups in total. The van der Waals surface area contributed by atoms with E-state index in [0.29, 0.717) is 18.8 Å². The van der Waals surface area contributed by atoms with Gasteiger partial charge in [0, 0.05) is 37.9 Å². The summed E-state index contributed by atoms with van der Waals surface area (Å²) in [4.78, 5) is 18.3. The molecule has 4 heterocycles. The average Bonchev–Trinajstić information content (AvgIpc) is 3.33. The molecule has 7 nitrogen and oxygen atoms in total. The van der Waals surface area contributed by atoms with Crippen molar-refractivity contribution >= 4 is 6.29 Å². The number of aliphatic hydroxyl groups is 1. The minimum atomic E-state index is -0.361. The third-order valence-corrected chi connectivity index (χ3v) is 5.82. The number of piperazine rings is 1. The summed E-state index contributed by atoms with van der Waals surface area (Å²) in [6.07, 6.45) is 3.40. The second kappa shape index (κ2) is 8.90. The van der Waals surface area contributed by atoms with E-state index < -0.39 is 0 Å². The number of nitrogens with zero attached hydrogens (tertiary/aromatic N) is 3. The lowest BCUT2D eigenvalue weighted by atomic mass is 10.1. The molecule has 0 spiro atoms. The van der Waals surface area contributed by atoms with Crippen LogP contribution >= 0.6 is 0 Å². The summed E-state index contributed by atoms with van der Waals surface area (Å²) in [5, 5.41) is 7.51. The van der Waals surface area contributed by atoms with E-state index in [9.17, 15) is 0 Å². The molecule has 3 unspecified atom stereocenters. The van der Waals surface area contributed by atoms with E-state index in [1.54, 1.807) is 6.20 Å². The number of likely N-dealkylation sites (N-methyl/N-ethyl adjacent to an activating group) is 1. The smallest absolute Gasteiger partial charge is 0.257 e.